The third-order valence-electron chi connectivity index (χ3n) is 3.82. The van der Waals surface area contributed by atoms with Gasteiger partial charge in [0.05, 0.1) is 12.3 Å². The fraction of sp³-hybridized carbons (Fsp3) is 0.318. The van der Waals surface area contributed by atoms with E-state index in [1.54, 1.807) is 36.4 Å². The summed E-state index contributed by atoms with van der Waals surface area (Å²) in [6, 6.07) is 13.1. The zero-order chi connectivity index (χ0) is 21.8. The average Bonchev–Trinajstić information content (AvgIpc) is 2.72. The first-order chi connectivity index (χ1) is 14.4. The molecule has 2 aromatic rings. The molecule has 0 spiro atoms. The summed E-state index contributed by atoms with van der Waals surface area (Å²) in [6.07, 6.45) is 2.17. The van der Waals surface area contributed by atoms with Crippen molar-refractivity contribution in [3.05, 3.63) is 65.5 Å². The average molecular weight is 415 g/mol. The monoisotopic (exact) mass is 415 g/mol. The molecule has 0 aromatic heterocycles. The maximum absolute atomic E-state index is 13.2. The number of carbonyl (C=O) groups is 2. The number of hydrogen-bond donors (Lipinski definition) is 2. The van der Waals surface area contributed by atoms with Crippen LogP contribution in [0.2, 0.25) is 0 Å². The van der Waals surface area contributed by atoms with Gasteiger partial charge in [0.25, 0.3) is 0 Å². The van der Waals surface area contributed by atoms with Crippen LogP contribution in [0, 0.1) is 5.82 Å². The molecule has 0 bridgehead atoms. The summed E-state index contributed by atoms with van der Waals surface area (Å²) < 4.78 is 24.1. The van der Waals surface area contributed by atoms with Crippen molar-refractivity contribution in [2.45, 2.75) is 33.0 Å². The van der Waals surface area contributed by atoms with Crippen molar-refractivity contribution in [2.24, 2.45) is 5.10 Å². The van der Waals surface area contributed by atoms with Gasteiger partial charge in [-0.25, -0.2) is 9.82 Å². The normalized spacial score (nSPS) is 10.9. The number of benzene rings is 2. The molecule has 2 rings (SSSR count). The van der Waals surface area contributed by atoms with Crippen molar-refractivity contribution >= 4 is 18.0 Å². The van der Waals surface area contributed by atoms with E-state index >= 15 is 0 Å². The molecular formula is C22H26FN3O4. The first kappa shape index (κ1) is 23.0. The number of hydrogen-bond acceptors (Lipinski definition) is 5. The first-order valence-electron chi connectivity index (χ1n) is 9.64. The number of halogens is 1. The van der Waals surface area contributed by atoms with Crippen LogP contribution in [0.25, 0.3) is 0 Å². The molecule has 160 valence electrons. The largest absolute Gasteiger partial charge is 0.489 e. The SMILES string of the molecule is CC(C)OCCCNC(=O)C(=O)N/N=C\c1ccc(OCc2cccc(F)c2)cc1. The molecule has 0 saturated heterocycles. The number of amides is 2. The van der Waals surface area contributed by atoms with Crippen molar-refractivity contribution in [3.8, 4) is 5.75 Å². The van der Waals surface area contributed by atoms with Crippen LogP contribution in [0.15, 0.2) is 53.6 Å². The second kappa shape index (κ2) is 12.3. The summed E-state index contributed by atoms with van der Waals surface area (Å²) in [5.74, 6) is -1.29. The zero-order valence-corrected chi connectivity index (χ0v) is 17.1. The minimum atomic E-state index is -0.842. The number of carbonyl (C=O) groups excluding carboxylic acids is 2. The first-order valence-corrected chi connectivity index (χ1v) is 9.64. The van der Waals surface area contributed by atoms with Gasteiger partial charge in [-0.05, 0) is 67.8 Å². The van der Waals surface area contributed by atoms with Crippen molar-refractivity contribution in [1.82, 2.24) is 10.7 Å². The van der Waals surface area contributed by atoms with Crippen LogP contribution < -0.4 is 15.5 Å². The number of hydrazone groups is 1. The van der Waals surface area contributed by atoms with Crippen molar-refractivity contribution in [1.29, 1.82) is 0 Å². The Morgan fingerprint density at radius 3 is 2.60 bits per heavy atom. The smallest absolute Gasteiger partial charge is 0.329 e. The maximum Gasteiger partial charge on any atom is 0.329 e. The topological polar surface area (TPSA) is 89.0 Å². The molecule has 0 fully saturated rings. The van der Waals surface area contributed by atoms with Gasteiger partial charge in [0.2, 0.25) is 0 Å². The van der Waals surface area contributed by atoms with Crippen LogP contribution >= 0.6 is 0 Å². The molecule has 2 aromatic carbocycles. The van der Waals surface area contributed by atoms with Gasteiger partial charge < -0.3 is 14.8 Å². The van der Waals surface area contributed by atoms with Gasteiger partial charge in [0, 0.05) is 13.2 Å². The standard InChI is InChI=1S/C22H26FN3O4/c1-16(2)29-12-4-11-24-21(27)22(28)26-25-14-17-7-9-20(10-8-17)30-15-18-5-3-6-19(23)13-18/h3,5-10,13-14,16H,4,11-12,15H2,1-2H3,(H,24,27)(H,26,28)/b25-14-. The predicted octanol–water partition coefficient (Wildman–Crippen LogP) is 2.79. The lowest BCUT2D eigenvalue weighted by Gasteiger charge is -2.07. The number of ether oxygens (including phenoxy) is 2. The molecule has 8 heteroatoms. The van der Waals surface area contributed by atoms with Gasteiger partial charge >= 0.3 is 11.8 Å². The summed E-state index contributed by atoms with van der Waals surface area (Å²) >= 11 is 0. The van der Waals surface area contributed by atoms with Gasteiger partial charge in [-0.15, -0.1) is 0 Å². The summed E-state index contributed by atoms with van der Waals surface area (Å²) in [4.78, 5) is 23.3. The van der Waals surface area contributed by atoms with Crippen LogP contribution in [0.3, 0.4) is 0 Å². The van der Waals surface area contributed by atoms with Crippen LogP contribution in [-0.2, 0) is 20.9 Å². The molecular weight excluding hydrogens is 389 g/mol. The van der Waals surface area contributed by atoms with E-state index in [0.29, 0.717) is 30.9 Å². The second-order valence-electron chi connectivity index (χ2n) is 6.72. The van der Waals surface area contributed by atoms with E-state index in [0.717, 1.165) is 5.56 Å². The Morgan fingerprint density at radius 1 is 1.13 bits per heavy atom. The Bertz CT molecular complexity index is 854. The van der Waals surface area contributed by atoms with E-state index in [1.807, 2.05) is 13.8 Å². The molecule has 0 aliphatic carbocycles. The third-order valence-corrected chi connectivity index (χ3v) is 3.82. The second-order valence-corrected chi connectivity index (χ2v) is 6.72. The molecule has 30 heavy (non-hydrogen) atoms. The minimum absolute atomic E-state index is 0.132. The summed E-state index contributed by atoms with van der Waals surface area (Å²) in [6.45, 7) is 4.97. The number of nitrogens with zero attached hydrogens (tertiary/aromatic N) is 1. The van der Waals surface area contributed by atoms with E-state index in [2.05, 4.69) is 15.8 Å². The van der Waals surface area contributed by atoms with E-state index < -0.39 is 11.8 Å². The van der Waals surface area contributed by atoms with Crippen LogP contribution in [0.5, 0.6) is 5.75 Å². The lowest BCUT2D eigenvalue weighted by molar-refractivity contribution is -0.139. The molecule has 0 atom stereocenters. The minimum Gasteiger partial charge on any atom is -0.489 e. The van der Waals surface area contributed by atoms with Crippen LogP contribution in [-0.4, -0.2) is 37.3 Å². The van der Waals surface area contributed by atoms with E-state index in [4.69, 9.17) is 9.47 Å². The molecule has 0 heterocycles. The quantitative estimate of drug-likeness (QED) is 0.270. The third kappa shape index (κ3) is 8.83. The van der Waals surface area contributed by atoms with Crippen molar-refractivity contribution in [3.63, 3.8) is 0 Å². The highest BCUT2D eigenvalue weighted by molar-refractivity contribution is 6.35. The number of rotatable bonds is 10. The summed E-state index contributed by atoms with van der Waals surface area (Å²) in [5.41, 5.74) is 3.62. The van der Waals surface area contributed by atoms with Crippen LogP contribution in [0.4, 0.5) is 4.39 Å². The Kier molecular flexibility index (Phi) is 9.47. The molecule has 7 nitrogen and oxygen atoms in total. The van der Waals surface area contributed by atoms with Gasteiger partial charge in [0.1, 0.15) is 18.2 Å². The summed E-state index contributed by atoms with van der Waals surface area (Å²) in [5, 5.41) is 6.27. The Hall–Kier alpha value is -3.26. The fourth-order valence-corrected chi connectivity index (χ4v) is 2.33. The molecule has 0 aliphatic heterocycles. The van der Waals surface area contributed by atoms with Gasteiger partial charge in [-0.1, -0.05) is 12.1 Å². The Balaban J connectivity index is 1.70. The van der Waals surface area contributed by atoms with Crippen molar-refractivity contribution < 1.29 is 23.5 Å². The highest BCUT2D eigenvalue weighted by atomic mass is 19.1. The van der Waals surface area contributed by atoms with Gasteiger partial charge in [-0.3, -0.25) is 9.59 Å². The molecule has 0 unspecified atom stereocenters. The molecule has 0 saturated carbocycles. The number of nitrogens with one attached hydrogen (secondary N) is 2. The molecule has 2 amide bonds. The highest BCUT2D eigenvalue weighted by Crippen LogP contribution is 2.14. The maximum atomic E-state index is 13.2. The molecule has 0 aliphatic rings. The van der Waals surface area contributed by atoms with Crippen LogP contribution in [0.1, 0.15) is 31.4 Å². The van der Waals surface area contributed by atoms with Gasteiger partial charge in [0.15, 0.2) is 0 Å². The Morgan fingerprint density at radius 2 is 1.90 bits per heavy atom. The van der Waals surface area contributed by atoms with E-state index in [1.165, 1.54) is 18.3 Å². The summed E-state index contributed by atoms with van der Waals surface area (Å²) in [7, 11) is 0. The van der Waals surface area contributed by atoms with Gasteiger partial charge in [-0.2, -0.15) is 5.10 Å². The molecule has 2 N–H and O–H groups in total. The zero-order valence-electron chi connectivity index (χ0n) is 17.1. The van der Waals surface area contributed by atoms with Crippen molar-refractivity contribution in [2.75, 3.05) is 13.2 Å². The van der Waals surface area contributed by atoms with E-state index in [9.17, 15) is 14.0 Å². The predicted molar refractivity (Wildman–Crippen MR) is 112 cm³/mol. The Labute approximate surface area is 175 Å². The lowest BCUT2D eigenvalue weighted by atomic mass is 10.2. The highest BCUT2D eigenvalue weighted by Gasteiger charge is 2.11. The fourth-order valence-electron chi connectivity index (χ4n) is 2.33. The lowest BCUT2D eigenvalue weighted by Crippen LogP contribution is -2.38. The van der Waals surface area contributed by atoms with E-state index in [-0.39, 0.29) is 18.5 Å². The molecule has 0 radical (unpaired) electrons.